The first kappa shape index (κ1) is 14.2. The summed E-state index contributed by atoms with van der Waals surface area (Å²) in [7, 11) is 0. The Morgan fingerprint density at radius 1 is 1.68 bits per heavy atom. The molecule has 0 radical (unpaired) electrons. The molecule has 1 aromatic rings. The average molecular weight is 305 g/mol. The summed E-state index contributed by atoms with van der Waals surface area (Å²) in [6.07, 6.45) is 0.320. The molecule has 19 heavy (non-hydrogen) atoms. The van der Waals surface area contributed by atoms with Crippen LogP contribution in [-0.4, -0.2) is 45.6 Å². The van der Waals surface area contributed by atoms with Crippen LogP contribution in [0, 0.1) is 0 Å². The SMILES string of the molecule is CC(C)N1C(=O)COC(C(=O)O)C1c1ncc(Cl)s1. The summed E-state index contributed by atoms with van der Waals surface area (Å²) < 4.78 is 5.59. The number of amides is 1. The van der Waals surface area contributed by atoms with Crippen LogP contribution in [0.4, 0.5) is 0 Å². The topological polar surface area (TPSA) is 79.7 Å². The summed E-state index contributed by atoms with van der Waals surface area (Å²) in [5.74, 6) is -1.36. The van der Waals surface area contributed by atoms with Gasteiger partial charge >= 0.3 is 5.97 Å². The molecule has 1 N–H and O–H groups in total. The van der Waals surface area contributed by atoms with Crippen molar-refractivity contribution >= 4 is 34.8 Å². The average Bonchev–Trinajstić information content (AvgIpc) is 2.74. The van der Waals surface area contributed by atoms with E-state index in [0.717, 1.165) is 11.3 Å². The Balaban J connectivity index is 2.43. The van der Waals surface area contributed by atoms with Crippen LogP contribution < -0.4 is 0 Å². The lowest BCUT2D eigenvalue weighted by molar-refractivity contribution is -0.175. The highest BCUT2D eigenvalue weighted by Gasteiger charge is 2.44. The minimum atomic E-state index is -1.12. The molecule has 0 aliphatic carbocycles. The van der Waals surface area contributed by atoms with Crippen molar-refractivity contribution in [3.8, 4) is 0 Å². The van der Waals surface area contributed by atoms with Gasteiger partial charge in [-0.25, -0.2) is 9.78 Å². The third-order valence-electron chi connectivity index (χ3n) is 2.81. The number of hydrogen-bond acceptors (Lipinski definition) is 5. The normalized spacial score (nSPS) is 24.0. The van der Waals surface area contributed by atoms with E-state index in [4.69, 9.17) is 16.3 Å². The number of carbonyl (C=O) groups excluding carboxylic acids is 1. The lowest BCUT2D eigenvalue weighted by Crippen LogP contribution is -2.54. The minimum Gasteiger partial charge on any atom is -0.479 e. The van der Waals surface area contributed by atoms with Crippen LogP contribution in [0.25, 0.3) is 0 Å². The number of morpholine rings is 1. The maximum absolute atomic E-state index is 11.9. The Bertz CT molecular complexity index is 505. The molecule has 0 bridgehead atoms. The minimum absolute atomic E-state index is 0.147. The Morgan fingerprint density at radius 3 is 2.84 bits per heavy atom. The van der Waals surface area contributed by atoms with Gasteiger partial charge in [-0.1, -0.05) is 11.6 Å². The first-order valence-corrected chi connectivity index (χ1v) is 6.88. The predicted octanol–water partition coefficient (Wildman–Crippen LogP) is 1.56. The van der Waals surface area contributed by atoms with Crippen molar-refractivity contribution in [3.63, 3.8) is 0 Å². The number of carbonyl (C=O) groups is 2. The van der Waals surface area contributed by atoms with E-state index < -0.39 is 18.1 Å². The highest BCUT2D eigenvalue weighted by molar-refractivity contribution is 7.15. The summed E-state index contributed by atoms with van der Waals surface area (Å²) in [4.78, 5) is 28.8. The number of hydrogen-bond donors (Lipinski definition) is 1. The van der Waals surface area contributed by atoms with Crippen molar-refractivity contribution in [2.24, 2.45) is 0 Å². The first-order chi connectivity index (χ1) is 8.91. The molecule has 1 amide bonds. The van der Waals surface area contributed by atoms with Crippen LogP contribution in [0.5, 0.6) is 0 Å². The van der Waals surface area contributed by atoms with Gasteiger partial charge in [0.1, 0.15) is 22.0 Å². The van der Waals surface area contributed by atoms with Crippen molar-refractivity contribution in [1.82, 2.24) is 9.88 Å². The predicted molar refractivity (Wildman–Crippen MR) is 69.2 cm³/mol. The summed E-state index contributed by atoms with van der Waals surface area (Å²) >= 11 is 6.99. The molecular formula is C11H13ClN2O4S. The van der Waals surface area contributed by atoms with Crippen LogP contribution in [0.1, 0.15) is 24.9 Å². The van der Waals surface area contributed by atoms with E-state index >= 15 is 0 Å². The molecule has 6 nitrogen and oxygen atoms in total. The summed E-state index contributed by atoms with van der Waals surface area (Å²) in [6.45, 7) is 3.42. The zero-order chi connectivity index (χ0) is 14.2. The molecule has 1 aliphatic rings. The summed E-state index contributed by atoms with van der Waals surface area (Å²) in [6, 6.07) is -0.887. The lowest BCUT2D eigenvalue weighted by atomic mass is 10.1. The number of thiazole rings is 1. The highest BCUT2D eigenvalue weighted by atomic mass is 35.5. The van der Waals surface area contributed by atoms with Crippen molar-refractivity contribution in [2.75, 3.05) is 6.61 Å². The smallest absolute Gasteiger partial charge is 0.335 e. The van der Waals surface area contributed by atoms with E-state index in [1.165, 1.54) is 11.1 Å². The van der Waals surface area contributed by atoms with Gasteiger partial charge in [-0.3, -0.25) is 4.79 Å². The molecule has 1 fully saturated rings. The quantitative estimate of drug-likeness (QED) is 0.916. The van der Waals surface area contributed by atoms with E-state index in [1.54, 1.807) is 0 Å². The van der Waals surface area contributed by atoms with Crippen molar-refractivity contribution in [2.45, 2.75) is 32.0 Å². The van der Waals surface area contributed by atoms with Gasteiger partial charge in [0.15, 0.2) is 6.10 Å². The number of carboxylic acids is 1. The highest BCUT2D eigenvalue weighted by Crippen LogP contribution is 2.35. The number of aromatic nitrogens is 1. The largest absolute Gasteiger partial charge is 0.479 e. The van der Waals surface area contributed by atoms with Crippen LogP contribution >= 0.6 is 22.9 Å². The second kappa shape index (κ2) is 5.44. The Morgan fingerprint density at radius 2 is 2.37 bits per heavy atom. The van der Waals surface area contributed by atoms with E-state index in [1.807, 2.05) is 13.8 Å². The van der Waals surface area contributed by atoms with E-state index in [9.17, 15) is 14.7 Å². The third-order valence-corrected chi connectivity index (χ3v) is 3.99. The standard InChI is InChI=1S/C11H13ClN2O4S/c1-5(2)14-7(15)4-18-9(11(16)17)8(14)10-13-3-6(12)19-10/h3,5,8-9H,4H2,1-2H3,(H,16,17). The lowest BCUT2D eigenvalue weighted by Gasteiger charge is -2.40. The molecule has 2 unspecified atom stereocenters. The Kier molecular flexibility index (Phi) is 4.07. The number of nitrogens with zero attached hydrogens (tertiary/aromatic N) is 2. The van der Waals surface area contributed by atoms with Gasteiger partial charge in [0, 0.05) is 6.04 Å². The molecule has 2 heterocycles. The third kappa shape index (κ3) is 2.72. The van der Waals surface area contributed by atoms with Crippen molar-refractivity contribution in [1.29, 1.82) is 0 Å². The second-order valence-corrected chi connectivity index (χ2v) is 6.11. The number of carboxylic acid groups (broad SMARTS) is 1. The van der Waals surface area contributed by atoms with E-state index in [2.05, 4.69) is 4.98 Å². The molecule has 0 spiro atoms. The van der Waals surface area contributed by atoms with Crippen LogP contribution in [0.2, 0.25) is 4.34 Å². The van der Waals surface area contributed by atoms with Crippen LogP contribution in [0.3, 0.4) is 0 Å². The molecule has 1 saturated heterocycles. The fourth-order valence-electron chi connectivity index (χ4n) is 2.10. The fourth-order valence-corrected chi connectivity index (χ4v) is 3.15. The zero-order valence-electron chi connectivity index (χ0n) is 10.4. The van der Waals surface area contributed by atoms with Gasteiger partial charge in [-0.15, -0.1) is 11.3 Å². The molecule has 0 aromatic carbocycles. The monoisotopic (exact) mass is 304 g/mol. The summed E-state index contributed by atoms with van der Waals surface area (Å²) in [5, 5.41) is 9.71. The van der Waals surface area contributed by atoms with E-state index in [0.29, 0.717) is 9.34 Å². The molecule has 104 valence electrons. The molecule has 8 heteroatoms. The van der Waals surface area contributed by atoms with Crippen LogP contribution in [0.15, 0.2) is 6.20 Å². The second-order valence-electron chi connectivity index (χ2n) is 4.41. The molecule has 0 saturated carbocycles. The summed E-state index contributed by atoms with van der Waals surface area (Å²) in [5.41, 5.74) is 0. The number of rotatable bonds is 3. The molecule has 2 rings (SSSR count). The van der Waals surface area contributed by atoms with Gasteiger partial charge in [0.05, 0.1) is 6.20 Å². The Labute approximate surface area is 118 Å². The van der Waals surface area contributed by atoms with Gasteiger partial charge in [-0.2, -0.15) is 0 Å². The van der Waals surface area contributed by atoms with E-state index in [-0.39, 0.29) is 18.6 Å². The van der Waals surface area contributed by atoms with Gasteiger partial charge < -0.3 is 14.7 Å². The molecule has 1 aromatic heterocycles. The van der Waals surface area contributed by atoms with Crippen molar-refractivity contribution < 1.29 is 19.4 Å². The Hall–Kier alpha value is -1.18. The van der Waals surface area contributed by atoms with Gasteiger partial charge in [0.2, 0.25) is 5.91 Å². The van der Waals surface area contributed by atoms with Gasteiger partial charge in [0.25, 0.3) is 0 Å². The number of aliphatic carboxylic acids is 1. The molecular weight excluding hydrogens is 292 g/mol. The first-order valence-electron chi connectivity index (χ1n) is 5.68. The fraction of sp³-hybridized carbons (Fsp3) is 0.545. The van der Waals surface area contributed by atoms with Crippen molar-refractivity contribution in [3.05, 3.63) is 15.5 Å². The number of halogens is 1. The van der Waals surface area contributed by atoms with Crippen LogP contribution in [-0.2, 0) is 14.3 Å². The maximum atomic E-state index is 11.9. The number of ether oxygens (including phenoxy) is 1. The maximum Gasteiger partial charge on any atom is 0.335 e. The zero-order valence-corrected chi connectivity index (χ0v) is 11.9. The molecule has 2 atom stereocenters. The molecule has 1 aliphatic heterocycles. The van der Waals surface area contributed by atoms with Gasteiger partial charge in [-0.05, 0) is 13.8 Å².